The summed E-state index contributed by atoms with van der Waals surface area (Å²) in [7, 11) is 0. The molecule has 0 bridgehead atoms. The van der Waals surface area contributed by atoms with Crippen molar-refractivity contribution in [2.24, 2.45) is 10.9 Å². The molecular formula is C18H26FIN4S. The number of nitrogens with one attached hydrogen (secondary N) is 1. The van der Waals surface area contributed by atoms with E-state index >= 15 is 0 Å². The highest BCUT2D eigenvalue weighted by molar-refractivity contribution is 14.0. The van der Waals surface area contributed by atoms with Crippen molar-refractivity contribution in [3.05, 3.63) is 35.1 Å². The van der Waals surface area contributed by atoms with Gasteiger partial charge in [0.05, 0.1) is 18.2 Å². The van der Waals surface area contributed by atoms with Gasteiger partial charge >= 0.3 is 0 Å². The van der Waals surface area contributed by atoms with E-state index in [0.29, 0.717) is 22.3 Å². The summed E-state index contributed by atoms with van der Waals surface area (Å²) < 4.78 is 14.0. The SMILES string of the molecule is CCNC(=NCc1ccc(C#N)cc1F)N1CCSC(C(C)C)C1.I. The zero-order chi connectivity index (χ0) is 17.5. The van der Waals surface area contributed by atoms with Gasteiger partial charge in [-0.25, -0.2) is 9.38 Å². The zero-order valence-electron chi connectivity index (χ0n) is 15.0. The maximum atomic E-state index is 14.0. The third-order valence-electron chi connectivity index (χ3n) is 4.05. The monoisotopic (exact) mass is 476 g/mol. The van der Waals surface area contributed by atoms with Gasteiger partial charge in [0, 0.05) is 36.2 Å². The van der Waals surface area contributed by atoms with Crippen LogP contribution in [-0.4, -0.2) is 41.5 Å². The zero-order valence-corrected chi connectivity index (χ0v) is 18.1. The Morgan fingerprint density at radius 1 is 1.52 bits per heavy atom. The molecule has 0 aromatic heterocycles. The summed E-state index contributed by atoms with van der Waals surface area (Å²) in [5.74, 6) is 2.17. The average molecular weight is 476 g/mol. The molecule has 0 saturated carbocycles. The molecule has 1 aromatic rings. The van der Waals surface area contributed by atoms with Crippen LogP contribution in [0, 0.1) is 23.1 Å². The summed E-state index contributed by atoms with van der Waals surface area (Å²) >= 11 is 2.02. The highest BCUT2D eigenvalue weighted by Crippen LogP contribution is 2.25. The van der Waals surface area contributed by atoms with Gasteiger partial charge < -0.3 is 10.2 Å². The van der Waals surface area contributed by atoms with Crippen LogP contribution in [0.2, 0.25) is 0 Å². The second-order valence-corrected chi connectivity index (χ2v) is 7.53. The molecule has 1 heterocycles. The van der Waals surface area contributed by atoms with Crippen LogP contribution in [0.15, 0.2) is 23.2 Å². The fourth-order valence-corrected chi connectivity index (χ4v) is 3.90. The molecule has 25 heavy (non-hydrogen) atoms. The van der Waals surface area contributed by atoms with Crippen molar-refractivity contribution in [1.82, 2.24) is 10.2 Å². The fraction of sp³-hybridized carbons (Fsp3) is 0.556. The summed E-state index contributed by atoms with van der Waals surface area (Å²) in [5.41, 5.74) is 0.844. The summed E-state index contributed by atoms with van der Waals surface area (Å²) in [6.07, 6.45) is 0. The number of benzene rings is 1. The largest absolute Gasteiger partial charge is 0.357 e. The van der Waals surface area contributed by atoms with Gasteiger partial charge in [0.25, 0.3) is 0 Å². The normalized spacial score (nSPS) is 17.8. The number of nitrogens with zero attached hydrogens (tertiary/aromatic N) is 3. The summed E-state index contributed by atoms with van der Waals surface area (Å²) in [5, 5.41) is 12.7. The quantitative estimate of drug-likeness (QED) is 0.408. The Bertz CT molecular complexity index is 630. The van der Waals surface area contributed by atoms with E-state index < -0.39 is 0 Å². The van der Waals surface area contributed by atoms with Gasteiger partial charge in [0.1, 0.15) is 5.82 Å². The topological polar surface area (TPSA) is 51.4 Å². The lowest BCUT2D eigenvalue weighted by molar-refractivity contribution is 0.380. The summed E-state index contributed by atoms with van der Waals surface area (Å²) in [4.78, 5) is 6.89. The third-order valence-corrected chi connectivity index (χ3v) is 5.59. The standard InChI is InChI=1S/C18H25FN4S.HI/c1-4-21-18(23-7-8-24-17(12-23)13(2)3)22-11-15-6-5-14(10-20)9-16(15)19;/h5-6,9,13,17H,4,7-8,11-12H2,1-3H3,(H,21,22);1H. The van der Waals surface area contributed by atoms with Crippen molar-refractivity contribution in [1.29, 1.82) is 5.26 Å². The molecule has 1 atom stereocenters. The Morgan fingerprint density at radius 2 is 2.28 bits per heavy atom. The molecular weight excluding hydrogens is 450 g/mol. The van der Waals surface area contributed by atoms with Crippen molar-refractivity contribution in [3.8, 4) is 6.07 Å². The maximum absolute atomic E-state index is 14.0. The first-order valence-corrected chi connectivity index (χ1v) is 9.43. The molecule has 1 fully saturated rings. The molecule has 0 radical (unpaired) electrons. The Morgan fingerprint density at radius 3 is 2.88 bits per heavy atom. The molecule has 0 amide bonds. The highest BCUT2D eigenvalue weighted by Gasteiger charge is 2.24. The van der Waals surface area contributed by atoms with E-state index in [1.807, 2.05) is 24.8 Å². The van der Waals surface area contributed by atoms with Crippen LogP contribution in [0.5, 0.6) is 0 Å². The molecule has 138 valence electrons. The van der Waals surface area contributed by atoms with Crippen LogP contribution in [0.1, 0.15) is 31.9 Å². The van der Waals surface area contributed by atoms with E-state index in [0.717, 1.165) is 31.3 Å². The Balaban J connectivity index is 0.00000312. The molecule has 1 saturated heterocycles. The Labute approximate surface area is 171 Å². The van der Waals surface area contributed by atoms with E-state index in [1.165, 1.54) is 6.07 Å². The third kappa shape index (κ3) is 6.33. The van der Waals surface area contributed by atoms with Crippen LogP contribution < -0.4 is 5.32 Å². The molecule has 2 rings (SSSR count). The second kappa shape index (κ2) is 10.9. The molecule has 1 aromatic carbocycles. The van der Waals surface area contributed by atoms with Crippen molar-refractivity contribution in [2.45, 2.75) is 32.6 Å². The maximum Gasteiger partial charge on any atom is 0.194 e. The summed E-state index contributed by atoms with van der Waals surface area (Å²) in [6, 6.07) is 6.49. The first kappa shape index (κ1) is 22.0. The van der Waals surface area contributed by atoms with Gasteiger partial charge in [-0.15, -0.1) is 24.0 Å². The van der Waals surface area contributed by atoms with Gasteiger partial charge in [-0.2, -0.15) is 17.0 Å². The number of guanidine groups is 1. The number of hydrogen-bond donors (Lipinski definition) is 1. The van der Waals surface area contributed by atoms with E-state index in [2.05, 4.69) is 29.1 Å². The minimum absolute atomic E-state index is 0. The van der Waals surface area contributed by atoms with Crippen molar-refractivity contribution < 1.29 is 4.39 Å². The van der Waals surface area contributed by atoms with Gasteiger partial charge in [0.2, 0.25) is 0 Å². The number of nitriles is 1. The fourth-order valence-electron chi connectivity index (χ4n) is 2.60. The lowest BCUT2D eigenvalue weighted by Crippen LogP contribution is -2.49. The molecule has 0 aliphatic carbocycles. The molecule has 1 unspecified atom stereocenters. The average Bonchev–Trinajstić information content (AvgIpc) is 2.59. The minimum atomic E-state index is -0.372. The molecule has 1 aliphatic heterocycles. The van der Waals surface area contributed by atoms with Crippen LogP contribution in [0.25, 0.3) is 0 Å². The molecule has 4 nitrogen and oxygen atoms in total. The molecule has 7 heteroatoms. The lowest BCUT2D eigenvalue weighted by Gasteiger charge is -2.36. The Kier molecular flexibility index (Phi) is 9.57. The summed E-state index contributed by atoms with van der Waals surface area (Å²) in [6.45, 7) is 9.51. The molecule has 0 spiro atoms. The van der Waals surface area contributed by atoms with Crippen LogP contribution in [0.3, 0.4) is 0 Å². The number of halogens is 2. The van der Waals surface area contributed by atoms with E-state index in [1.54, 1.807) is 12.1 Å². The molecule has 1 N–H and O–H groups in total. The number of rotatable bonds is 4. The first-order valence-electron chi connectivity index (χ1n) is 8.38. The smallest absolute Gasteiger partial charge is 0.194 e. The number of aliphatic imine (C=N–C) groups is 1. The van der Waals surface area contributed by atoms with Gasteiger partial charge in [-0.1, -0.05) is 19.9 Å². The predicted molar refractivity (Wildman–Crippen MR) is 114 cm³/mol. The lowest BCUT2D eigenvalue weighted by atomic mass is 10.1. The van der Waals surface area contributed by atoms with Gasteiger partial charge in [0.15, 0.2) is 5.96 Å². The predicted octanol–water partition coefficient (Wildman–Crippen LogP) is 3.85. The van der Waals surface area contributed by atoms with Crippen LogP contribution in [0.4, 0.5) is 4.39 Å². The van der Waals surface area contributed by atoms with Crippen molar-refractivity contribution >= 4 is 41.7 Å². The van der Waals surface area contributed by atoms with Gasteiger partial charge in [-0.05, 0) is 25.0 Å². The van der Waals surface area contributed by atoms with E-state index in [9.17, 15) is 4.39 Å². The minimum Gasteiger partial charge on any atom is -0.357 e. The number of thioether (sulfide) groups is 1. The highest BCUT2D eigenvalue weighted by atomic mass is 127. The van der Waals surface area contributed by atoms with Gasteiger partial charge in [-0.3, -0.25) is 0 Å². The van der Waals surface area contributed by atoms with Crippen LogP contribution in [-0.2, 0) is 6.54 Å². The molecule has 1 aliphatic rings. The first-order chi connectivity index (χ1) is 11.5. The van der Waals surface area contributed by atoms with Crippen molar-refractivity contribution in [3.63, 3.8) is 0 Å². The second-order valence-electron chi connectivity index (χ2n) is 6.19. The Hall–Kier alpha value is -1.01. The van der Waals surface area contributed by atoms with E-state index in [4.69, 9.17) is 5.26 Å². The van der Waals surface area contributed by atoms with Crippen LogP contribution >= 0.6 is 35.7 Å². The number of hydrogen-bond acceptors (Lipinski definition) is 3. The van der Waals surface area contributed by atoms with E-state index in [-0.39, 0.29) is 36.3 Å². The van der Waals surface area contributed by atoms with Crippen molar-refractivity contribution in [2.75, 3.05) is 25.4 Å².